The van der Waals surface area contributed by atoms with Gasteiger partial charge in [-0.3, -0.25) is 0 Å². The van der Waals surface area contributed by atoms with E-state index in [4.69, 9.17) is 15.2 Å². The van der Waals surface area contributed by atoms with Crippen molar-refractivity contribution in [2.45, 2.75) is 20.3 Å². The number of ether oxygens (including phenoxy) is 2. The Labute approximate surface area is 112 Å². The standard InChI is InChI=1S/C14H17N3O2/c1-3-10-6-5-7-11(8-10)19-14-12(15)13(18-4-2)16-9-17-14/h5-9H,3-4,15H2,1-2H3. The zero-order valence-electron chi connectivity index (χ0n) is 11.1. The Morgan fingerprint density at radius 3 is 2.68 bits per heavy atom. The zero-order chi connectivity index (χ0) is 13.7. The SMILES string of the molecule is CCOc1ncnc(Oc2cccc(CC)c2)c1N. The lowest BCUT2D eigenvalue weighted by molar-refractivity contribution is 0.325. The summed E-state index contributed by atoms with van der Waals surface area (Å²) >= 11 is 0. The van der Waals surface area contributed by atoms with Gasteiger partial charge in [0, 0.05) is 0 Å². The summed E-state index contributed by atoms with van der Waals surface area (Å²) in [5.74, 6) is 1.36. The van der Waals surface area contributed by atoms with Crippen molar-refractivity contribution in [1.82, 2.24) is 9.97 Å². The first-order chi connectivity index (χ1) is 9.24. The van der Waals surface area contributed by atoms with Crippen LogP contribution in [0.3, 0.4) is 0 Å². The molecule has 0 bridgehead atoms. The van der Waals surface area contributed by atoms with Crippen LogP contribution in [0.4, 0.5) is 5.69 Å². The van der Waals surface area contributed by atoms with E-state index in [9.17, 15) is 0 Å². The second kappa shape index (κ2) is 6.04. The van der Waals surface area contributed by atoms with Crippen molar-refractivity contribution in [3.63, 3.8) is 0 Å². The molecule has 1 aromatic heterocycles. The molecule has 0 aliphatic carbocycles. The van der Waals surface area contributed by atoms with Crippen molar-refractivity contribution in [3.05, 3.63) is 36.2 Å². The van der Waals surface area contributed by atoms with Gasteiger partial charge in [0.1, 0.15) is 12.1 Å². The number of nitrogens with zero attached hydrogens (tertiary/aromatic N) is 2. The van der Waals surface area contributed by atoms with Gasteiger partial charge in [-0.25, -0.2) is 0 Å². The van der Waals surface area contributed by atoms with E-state index in [1.54, 1.807) is 0 Å². The molecule has 19 heavy (non-hydrogen) atoms. The van der Waals surface area contributed by atoms with Crippen LogP contribution in [0.2, 0.25) is 0 Å². The van der Waals surface area contributed by atoms with E-state index < -0.39 is 0 Å². The van der Waals surface area contributed by atoms with Crippen LogP contribution < -0.4 is 15.2 Å². The topological polar surface area (TPSA) is 70.3 Å². The highest BCUT2D eigenvalue weighted by Gasteiger charge is 2.11. The largest absolute Gasteiger partial charge is 0.476 e. The van der Waals surface area contributed by atoms with E-state index in [1.807, 2.05) is 31.2 Å². The molecule has 0 saturated heterocycles. The van der Waals surface area contributed by atoms with Crippen molar-refractivity contribution in [2.24, 2.45) is 0 Å². The quantitative estimate of drug-likeness (QED) is 0.894. The minimum absolute atomic E-state index is 0.311. The second-order valence-electron chi connectivity index (χ2n) is 3.93. The molecule has 0 radical (unpaired) electrons. The molecular weight excluding hydrogens is 242 g/mol. The number of nitrogens with two attached hydrogens (primary N) is 1. The Morgan fingerprint density at radius 2 is 1.95 bits per heavy atom. The number of anilines is 1. The second-order valence-corrected chi connectivity index (χ2v) is 3.93. The number of rotatable bonds is 5. The maximum Gasteiger partial charge on any atom is 0.249 e. The van der Waals surface area contributed by atoms with Gasteiger partial charge >= 0.3 is 0 Å². The molecular formula is C14H17N3O2. The molecule has 0 unspecified atom stereocenters. The lowest BCUT2D eigenvalue weighted by Gasteiger charge is -2.10. The van der Waals surface area contributed by atoms with Gasteiger partial charge in [-0.15, -0.1) is 0 Å². The fourth-order valence-electron chi connectivity index (χ4n) is 1.64. The van der Waals surface area contributed by atoms with E-state index in [1.165, 1.54) is 11.9 Å². The summed E-state index contributed by atoms with van der Waals surface area (Å²) in [7, 11) is 0. The number of benzene rings is 1. The Hall–Kier alpha value is -2.30. The highest BCUT2D eigenvalue weighted by molar-refractivity contribution is 5.56. The summed E-state index contributed by atoms with van der Waals surface area (Å²) in [5.41, 5.74) is 7.41. The molecule has 2 rings (SSSR count). The van der Waals surface area contributed by atoms with E-state index in [2.05, 4.69) is 16.9 Å². The third-order valence-electron chi connectivity index (χ3n) is 2.61. The molecule has 100 valence electrons. The summed E-state index contributed by atoms with van der Waals surface area (Å²) in [6, 6.07) is 7.81. The van der Waals surface area contributed by atoms with Gasteiger partial charge < -0.3 is 15.2 Å². The Balaban J connectivity index is 2.25. The molecule has 1 heterocycles. The minimum atomic E-state index is 0.311. The van der Waals surface area contributed by atoms with E-state index in [0.717, 1.165) is 6.42 Å². The molecule has 0 saturated carbocycles. The third kappa shape index (κ3) is 3.13. The van der Waals surface area contributed by atoms with Crippen LogP contribution >= 0.6 is 0 Å². The number of aromatic nitrogens is 2. The smallest absolute Gasteiger partial charge is 0.249 e. The van der Waals surface area contributed by atoms with Crippen molar-refractivity contribution in [1.29, 1.82) is 0 Å². The van der Waals surface area contributed by atoms with E-state index in [0.29, 0.717) is 29.8 Å². The molecule has 0 aliphatic heterocycles. The summed E-state index contributed by atoms with van der Waals surface area (Å²) < 4.78 is 11.0. The van der Waals surface area contributed by atoms with Crippen LogP contribution in [0.15, 0.2) is 30.6 Å². The van der Waals surface area contributed by atoms with Crippen LogP contribution in [0.25, 0.3) is 0 Å². The van der Waals surface area contributed by atoms with Gasteiger partial charge in [-0.2, -0.15) is 9.97 Å². The monoisotopic (exact) mass is 259 g/mol. The lowest BCUT2D eigenvalue weighted by Crippen LogP contribution is -2.03. The van der Waals surface area contributed by atoms with Crippen molar-refractivity contribution >= 4 is 5.69 Å². The molecule has 5 heteroatoms. The first-order valence-corrected chi connectivity index (χ1v) is 6.24. The predicted molar refractivity (Wildman–Crippen MR) is 73.5 cm³/mol. The summed E-state index contributed by atoms with van der Waals surface area (Å²) in [6.07, 6.45) is 2.32. The molecule has 0 fully saturated rings. The molecule has 0 amide bonds. The number of hydrogen-bond acceptors (Lipinski definition) is 5. The van der Waals surface area contributed by atoms with Crippen molar-refractivity contribution < 1.29 is 9.47 Å². The highest BCUT2D eigenvalue weighted by atomic mass is 16.5. The fourth-order valence-corrected chi connectivity index (χ4v) is 1.64. The summed E-state index contributed by atoms with van der Waals surface area (Å²) in [4.78, 5) is 8.00. The van der Waals surface area contributed by atoms with Crippen molar-refractivity contribution in [2.75, 3.05) is 12.3 Å². The fraction of sp³-hybridized carbons (Fsp3) is 0.286. The van der Waals surface area contributed by atoms with Crippen LogP contribution in [0, 0.1) is 0 Å². The van der Waals surface area contributed by atoms with Gasteiger partial charge in [0.05, 0.1) is 6.61 Å². The predicted octanol–water partition coefficient (Wildman–Crippen LogP) is 2.81. The molecule has 0 spiro atoms. The average Bonchev–Trinajstić information content (AvgIpc) is 2.44. The normalized spacial score (nSPS) is 10.2. The van der Waals surface area contributed by atoms with Gasteiger partial charge in [0.15, 0.2) is 5.69 Å². The number of nitrogen functional groups attached to an aromatic ring is 1. The molecule has 0 atom stereocenters. The Morgan fingerprint density at radius 1 is 1.16 bits per heavy atom. The zero-order valence-corrected chi connectivity index (χ0v) is 11.1. The lowest BCUT2D eigenvalue weighted by atomic mass is 10.2. The number of aryl methyl sites for hydroxylation is 1. The maximum absolute atomic E-state index is 5.91. The van der Waals surface area contributed by atoms with Crippen LogP contribution in [0.1, 0.15) is 19.4 Å². The highest BCUT2D eigenvalue weighted by Crippen LogP contribution is 2.30. The average molecular weight is 259 g/mol. The first-order valence-electron chi connectivity index (χ1n) is 6.24. The molecule has 2 aromatic rings. The maximum atomic E-state index is 5.91. The van der Waals surface area contributed by atoms with Gasteiger partial charge in [-0.05, 0) is 31.0 Å². The van der Waals surface area contributed by atoms with Crippen molar-refractivity contribution in [3.8, 4) is 17.5 Å². The van der Waals surface area contributed by atoms with E-state index >= 15 is 0 Å². The third-order valence-corrected chi connectivity index (χ3v) is 2.61. The van der Waals surface area contributed by atoms with Crippen LogP contribution in [0.5, 0.6) is 17.5 Å². The molecule has 5 nitrogen and oxygen atoms in total. The molecule has 1 aromatic carbocycles. The molecule has 0 aliphatic rings. The van der Waals surface area contributed by atoms with Gasteiger partial charge in [-0.1, -0.05) is 19.1 Å². The summed E-state index contributed by atoms with van der Waals surface area (Å²) in [5, 5.41) is 0. The molecule has 2 N–H and O–H groups in total. The Kier molecular flexibility index (Phi) is 4.18. The van der Waals surface area contributed by atoms with Crippen LogP contribution in [-0.4, -0.2) is 16.6 Å². The van der Waals surface area contributed by atoms with E-state index in [-0.39, 0.29) is 0 Å². The Bertz CT molecular complexity index is 558. The van der Waals surface area contributed by atoms with Crippen LogP contribution in [-0.2, 0) is 6.42 Å². The summed E-state index contributed by atoms with van der Waals surface area (Å²) in [6.45, 7) is 4.45. The number of hydrogen-bond donors (Lipinski definition) is 1. The van der Waals surface area contributed by atoms with Gasteiger partial charge in [0.2, 0.25) is 11.8 Å². The van der Waals surface area contributed by atoms with Gasteiger partial charge in [0.25, 0.3) is 0 Å². The first kappa shape index (κ1) is 13.1. The minimum Gasteiger partial charge on any atom is -0.476 e.